The van der Waals surface area contributed by atoms with E-state index in [-0.39, 0.29) is 11.1 Å². The summed E-state index contributed by atoms with van der Waals surface area (Å²) in [4.78, 5) is 0. The highest BCUT2D eigenvalue weighted by molar-refractivity contribution is 5.34. The van der Waals surface area contributed by atoms with E-state index >= 15 is 0 Å². The quantitative estimate of drug-likeness (QED) is 0.893. The maximum atomic E-state index is 6.02. The van der Waals surface area contributed by atoms with Gasteiger partial charge in [0.1, 0.15) is 11.5 Å². The fourth-order valence-electron chi connectivity index (χ4n) is 2.21. The number of hydrogen-bond donors (Lipinski definition) is 1. The average Bonchev–Trinajstić information content (AvgIpc) is 2.34. The predicted molar refractivity (Wildman–Crippen MR) is 72.8 cm³/mol. The summed E-state index contributed by atoms with van der Waals surface area (Å²) in [6.07, 6.45) is 0.813. The second-order valence-electron chi connectivity index (χ2n) is 6.03. The molecule has 2 rings (SSSR count). The lowest BCUT2D eigenvalue weighted by Gasteiger charge is -2.42. The minimum absolute atomic E-state index is 0.209. The summed E-state index contributed by atoms with van der Waals surface area (Å²) >= 11 is 0. The minimum Gasteiger partial charge on any atom is -0.496 e. The highest BCUT2D eigenvalue weighted by Crippen LogP contribution is 2.29. The first-order chi connectivity index (χ1) is 8.44. The molecule has 1 unspecified atom stereocenters. The molecule has 0 spiro atoms. The number of benzene rings is 1. The van der Waals surface area contributed by atoms with Gasteiger partial charge in [-0.1, -0.05) is 32.0 Å². The van der Waals surface area contributed by atoms with Crippen molar-refractivity contribution in [3.63, 3.8) is 0 Å². The lowest BCUT2D eigenvalue weighted by molar-refractivity contribution is -0.125. The molecular weight excluding hydrogens is 226 g/mol. The van der Waals surface area contributed by atoms with Gasteiger partial charge >= 0.3 is 0 Å². The van der Waals surface area contributed by atoms with E-state index in [9.17, 15) is 0 Å². The zero-order valence-electron chi connectivity index (χ0n) is 11.7. The average molecular weight is 249 g/mol. The van der Waals surface area contributed by atoms with Gasteiger partial charge in [0.15, 0.2) is 0 Å². The second kappa shape index (κ2) is 4.90. The van der Waals surface area contributed by atoms with E-state index in [0.717, 1.165) is 25.3 Å². The molecule has 1 atom stereocenters. The van der Waals surface area contributed by atoms with Crippen molar-refractivity contribution >= 4 is 0 Å². The Kier molecular flexibility index (Phi) is 3.64. The Morgan fingerprint density at radius 3 is 2.61 bits per heavy atom. The molecule has 100 valence electrons. The zero-order chi connectivity index (χ0) is 13.2. The summed E-state index contributed by atoms with van der Waals surface area (Å²) in [5.74, 6) is 0.925. The molecule has 0 amide bonds. The van der Waals surface area contributed by atoms with E-state index in [2.05, 4.69) is 32.2 Å². The van der Waals surface area contributed by atoms with Crippen molar-refractivity contribution in [1.82, 2.24) is 5.32 Å². The maximum Gasteiger partial charge on any atom is 0.122 e. The molecule has 0 saturated carbocycles. The van der Waals surface area contributed by atoms with E-state index < -0.39 is 0 Å². The molecule has 1 aliphatic heterocycles. The van der Waals surface area contributed by atoms with Crippen LogP contribution in [0.25, 0.3) is 0 Å². The van der Waals surface area contributed by atoms with Gasteiger partial charge in [-0.2, -0.15) is 0 Å². The van der Waals surface area contributed by atoms with Crippen molar-refractivity contribution in [3.8, 4) is 5.75 Å². The summed E-state index contributed by atoms with van der Waals surface area (Å²) < 4.78 is 11.4. The Labute approximate surface area is 109 Å². The largest absolute Gasteiger partial charge is 0.496 e. The van der Waals surface area contributed by atoms with Crippen LogP contribution in [-0.4, -0.2) is 26.0 Å². The Balaban J connectivity index is 2.09. The molecule has 1 aliphatic rings. The molecule has 1 saturated heterocycles. The molecule has 1 fully saturated rings. The van der Waals surface area contributed by atoms with E-state index in [1.165, 1.54) is 5.56 Å². The molecule has 18 heavy (non-hydrogen) atoms. The first-order valence-electron chi connectivity index (χ1n) is 6.45. The smallest absolute Gasteiger partial charge is 0.122 e. The lowest BCUT2D eigenvalue weighted by atomic mass is 9.90. The highest BCUT2D eigenvalue weighted by atomic mass is 16.5. The number of ether oxygens (including phenoxy) is 2. The minimum atomic E-state index is -0.301. The third-order valence-electron chi connectivity index (χ3n) is 3.44. The maximum absolute atomic E-state index is 6.02. The highest BCUT2D eigenvalue weighted by Gasteiger charge is 2.35. The van der Waals surface area contributed by atoms with Crippen LogP contribution in [0.2, 0.25) is 0 Å². The van der Waals surface area contributed by atoms with Gasteiger partial charge in [-0.05, 0) is 18.6 Å². The van der Waals surface area contributed by atoms with Gasteiger partial charge in [0.05, 0.1) is 13.7 Å². The van der Waals surface area contributed by atoms with Crippen molar-refractivity contribution in [2.75, 3.05) is 20.3 Å². The molecule has 0 aromatic heterocycles. The predicted octanol–water partition coefficient (Wildman–Crippen LogP) is 2.60. The van der Waals surface area contributed by atoms with Crippen molar-refractivity contribution in [2.24, 2.45) is 5.41 Å². The first-order valence-corrected chi connectivity index (χ1v) is 6.45. The van der Waals surface area contributed by atoms with Crippen molar-refractivity contribution in [1.29, 1.82) is 0 Å². The van der Waals surface area contributed by atoms with E-state index in [1.807, 2.05) is 18.2 Å². The van der Waals surface area contributed by atoms with Gasteiger partial charge in [-0.15, -0.1) is 0 Å². The van der Waals surface area contributed by atoms with Gasteiger partial charge in [-0.25, -0.2) is 0 Å². The van der Waals surface area contributed by atoms with E-state index in [4.69, 9.17) is 9.47 Å². The van der Waals surface area contributed by atoms with Crippen LogP contribution in [0.15, 0.2) is 24.3 Å². The Morgan fingerprint density at radius 1 is 1.28 bits per heavy atom. The molecular formula is C15H23NO2. The van der Waals surface area contributed by atoms with Crippen LogP contribution in [0.1, 0.15) is 26.3 Å². The summed E-state index contributed by atoms with van der Waals surface area (Å²) in [7, 11) is 1.71. The number of nitrogens with one attached hydrogen (secondary N) is 1. The zero-order valence-corrected chi connectivity index (χ0v) is 11.7. The van der Waals surface area contributed by atoms with Crippen molar-refractivity contribution in [3.05, 3.63) is 29.8 Å². The Morgan fingerprint density at radius 2 is 2.00 bits per heavy atom. The second-order valence-corrected chi connectivity index (χ2v) is 6.03. The lowest BCUT2D eigenvalue weighted by Crippen LogP contribution is -2.56. The van der Waals surface area contributed by atoms with Gasteiger partial charge in [0, 0.05) is 18.4 Å². The third kappa shape index (κ3) is 3.03. The number of rotatable bonds is 3. The van der Waals surface area contributed by atoms with Gasteiger partial charge in [0.25, 0.3) is 0 Å². The van der Waals surface area contributed by atoms with Crippen molar-refractivity contribution < 1.29 is 9.47 Å². The molecule has 0 aliphatic carbocycles. The summed E-state index contributed by atoms with van der Waals surface area (Å²) in [5.41, 5.74) is 1.08. The number of para-hydroxylation sites is 1. The summed E-state index contributed by atoms with van der Waals surface area (Å²) in [5, 5.41) is 3.51. The standard InChI is InChI=1S/C15H23NO2/c1-14(2)10-16-15(3,18-11-14)9-12-7-5-6-8-13(12)17-4/h5-8,16H,9-11H2,1-4H3. The fraction of sp³-hybridized carbons (Fsp3) is 0.600. The molecule has 1 aromatic rings. The van der Waals surface area contributed by atoms with Crippen LogP contribution >= 0.6 is 0 Å². The molecule has 1 N–H and O–H groups in total. The Hall–Kier alpha value is -1.06. The van der Waals surface area contributed by atoms with Gasteiger partial charge in [-0.3, -0.25) is 5.32 Å². The van der Waals surface area contributed by atoms with E-state index in [1.54, 1.807) is 7.11 Å². The first kappa shape index (κ1) is 13.4. The Bertz CT molecular complexity index is 405. The summed E-state index contributed by atoms with van der Waals surface area (Å²) in [6, 6.07) is 8.11. The number of methoxy groups -OCH3 is 1. The third-order valence-corrected chi connectivity index (χ3v) is 3.44. The number of hydrogen-bond acceptors (Lipinski definition) is 3. The van der Waals surface area contributed by atoms with Crippen LogP contribution in [0.3, 0.4) is 0 Å². The van der Waals surface area contributed by atoms with Crippen LogP contribution in [-0.2, 0) is 11.2 Å². The molecule has 0 radical (unpaired) electrons. The molecule has 3 nitrogen and oxygen atoms in total. The van der Waals surface area contributed by atoms with Crippen LogP contribution < -0.4 is 10.1 Å². The molecule has 3 heteroatoms. The summed E-state index contributed by atoms with van der Waals surface area (Å²) in [6.45, 7) is 8.28. The van der Waals surface area contributed by atoms with E-state index in [0.29, 0.717) is 0 Å². The SMILES string of the molecule is COc1ccccc1CC1(C)NCC(C)(C)CO1. The van der Waals surface area contributed by atoms with Gasteiger partial charge < -0.3 is 9.47 Å². The van der Waals surface area contributed by atoms with Crippen molar-refractivity contribution in [2.45, 2.75) is 32.9 Å². The molecule has 1 aromatic carbocycles. The van der Waals surface area contributed by atoms with Crippen LogP contribution in [0.5, 0.6) is 5.75 Å². The fourth-order valence-corrected chi connectivity index (χ4v) is 2.21. The molecule has 1 heterocycles. The van der Waals surface area contributed by atoms with Crippen LogP contribution in [0.4, 0.5) is 0 Å². The topological polar surface area (TPSA) is 30.5 Å². The normalized spacial score (nSPS) is 26.9. The van der Waals surface area contributed by atoms with Crippen LogP contribution in [0, 0.1) is 5.41 Å². The van der Waals surface area contributed by atoms with Gasteiger partial charge in [0.2, 0.25) is 0 Å². The molecule has 0 bridgehead atoms. The monoisotopic (exact) mass is 249 g/mol.